The average Bonchev–Trinajstić information content (AvgIpc) is 3.36. The summed E-state index contributed by atoms with van der Waals surface area (Å²) < 4.78 is 7.69. The zero-order valence-corrected chi connectivity index (χ0v) is 21.0. The molecule has 0 bridgehead atoms. The van der Waals surface area contributed by atoms with E-state index in [2.05, 4.69) is 68.9 Å². The Morgan fingerprint density at radius 1 is 0.971 bits per heavy atom. The van der Waals surface area contributed by atoms with Gasteiger partial charge in [-0.05, 0) is 79.2 Å². The van der Waals surface area contributed by atoms with Crippen molar-refractivity contribution < 1.29 is 4.74 Å². The Balaban J connectivity index is 1.54. The second-order valence-corrected chi connectivity index (χ2v) is 9.26. The Kier molecular flexibility index (Phi) is 6.51. The summed E-state index contributed by atoms with van der Waals surface area (Å²) in [6, 6.07) is 20.6. The molecule has 5 rings (SSSR count). The highest BCUT2D eigenvalue weighted by atomic mass is 32.1. The molecular weight excluding hydrogens is 454 g/mol. The predicted molar refractivity (Wildman–Crippen MR) is 141 cm³/mol. The van der Waals surface area contributed by atoms with Crippen LogP contribution in [0.1, 0.15) is 45.9 Å². The molecule has 1 fully saturated rings. The van der Waals surface area contributed by atoms with Crippen LogP contribution < -0.4 is 10.1 Å². The highest BCUT2D eigenvalue weighted by Gasteiger charge is 2.41. The van der Waals surface area contributed by atoms with Crippen LogP contribution >= 0.6 is 12.2 Å². The van der Waals surface area contributed by atoms with E-state index >= 15 is 0 Å². The van der Waals surface area contributed by atoms with Crippen molar-refractivity contribution >= 4 is 17.3 Å². The van der Waals surface area contributed by atoms with Gasteiger partial charge in [0.05, 0.1) is 24.9 Å². The molecule has 35 heavy (non-hydrogen) atoms. The summed E-state index contributed by atoms with van der Waals surface area (Å²) in [4.78, 5) is 11.3. The molecule has 0 amide bonds. The molecule has 0 radical (unpaired) electrons. The number of rotatable bonds is 7. The third kappa shape index (κ3) is 4.64. The molecule has 6 nitrogen and oxygen atoms in total. The van der Waals surface area contributed by atoms with Crippen molar-refractivity contribution in [3.05, 3.63) is 113 Å². The minimum atomic E-state index is -0.0470. The fourth-order valence-corrected chi connectivity index (χ4v) is 5.19. The summed E-state index contributed by atoms with van der Waals surface area (Å²) in [6.45, 7) is 5.83. The second kappa shape index (κ2) is 9.88. The van der Waals surface area contributed by atoms with E-state index in [0.29, 0.717) is 6.54 Å². The van der Waals surface area contributed by atoms with Gasteiger partial charge in [-0.3, -0.25) is 9.97 Å². The van der Waals surface area contributed by atoms with Crippen LogP contribution in [0.15, 0.2) is 79.3 Å². The van der Waals surface area contributed by atoms with Crippen LogP contribution in [0.25, 0.3) is 0 Å². The number of aryl methyl sites for hydroxylation is 1. The molecule has 1 aliphatic heterocycles. The van der Waals surface area contributed by atoms with Gasteiger partial charge in [-0.15, -0.1) is 0 Å². The van der Waals surface area contributed by atoms with E-state index < -0.39 is 0 Å². The Morgan fingerprint density at radius 2 is 1.80 bits per heavy atom. The van der Waals surface area contributed by atoms with Crippen molar-refractivity contribution in [3.63, 3.8) is 0 Å². The molecule has 1 aliphatic rings. The summed E-state index contributed by atoms with van der Waals surface area (Å²) in [6.07, 6.45) is 5.58. The van der Waals surface area contributed by atoms with Crippen molar-refractivity contribution in [1.29, 1.82) is 0 Å². The maximum absolute atomic E-state index is 5.88. The summed E-state index contributed by atoms with van der Waals surface area (Å²) in [5, 5.41) is 4.30. The third-order valence-electron chi connectivity index (χ3n) is 6.70. The van der Waals surface area contributed by atoms with Crippen LogP contribution in [-0.4, -0.2) is 31.7 Å². The van der Waals surface area contributed by atoms with Gasteiger partial charge in [-0.2, -0.15) is 0 Å². The highest BCUT2D eigenvalue weighted by molar-refractivity contribution is 7.80. The molecule has 1 saturated heterocycles. The highest BCUT2D eigenvalue weighted by Crippen LogP contribution is 2.41. The normalized spacial score (nSPS) is 17.5. The van der Waals surface area contributed by atoms with Gasteiger partial charge in [0.15, 0.2) is 5.11 Å². The molecule has 0 spiro atoms. The number of thiocarbonyl (C=S) groups is 1. The van der Waals surface area contributed by atoms with Crippen molar-refractivity contribution in [2.24, 2.45) is 0 Å². The molecule has 7 heteroatoms. The van der Waals surface area contributed by atoms with E-state index in [1.807, 2.05) is 48.9 Å². The number of nitrogens with zero attached hydrogens (tertiary/aromatic N) is 4. The number of hydrogen-bond donors (Lipinski definition) is 1. The lowest BCUT2D eigenvalue weighted by atomic mass is 9.96. The molecule has 1 N–H and O–H groups in total. The number of aromatic nitrogens is 3. The summed E-state index contributed by atoms with van der Waals surface area (Å²) in [5.74, 6) is 0.845. The van der Waals surface area contributed by atoms with Gasteiger partial charge in [0.25, 0.3) is 0 Å². The van der Waals surface area contributed by atoms with E-state index in [1.165, 1.54) is 28.1 Å². The van der Waals surface area contributed by atoms with E-state index in [9.17, 15) is 0 Å². The van der Waals surface area contributed by atoms with E-state index in [-0.39, 0.29) is 12.1 Å². The van der Waals surface area contributed by atoms with Crippen molar-refractivity contribution in [2.75, 3.05) is 7.11 Å². The van der Waals surface area contributed by atoms with Gasteiger partial charge >= 0.3 is 0 Å². The first-order chi connectivity index (χ1) is 17.0. The lowest BCUT2D eigenvalue weighted by molar-refractivity contribution is 0.309. The zero-order valence-electron chi connectivity index (χ0n) is 20.2. The lowest BCUT2D eigenvalue weighted by Crippen LogP contribution is -2.29. The minimum absolute atomic E-state index is 0.00773. The van der Waals surface area contributed by atoms with Crippen LogP contribution in [0.2, 0.25) is 0 Å². The molecule has 2 atom stereocenters. The second-order valence-electron chi connectivity index (χ2n) is 8.88. The minimum Gasteiger partial charge on any atom is -0.497 e. The lowest BCUT2D eigenvalue weighted by Gasteiger charge is -2.28. The fourth-order valence-electron chi connectivity index (χ4n) is 4.89. The van der Waals surface area contributed by atoms with Gasteiger partial charge in [-0.25, -0.2) is 0 Å². The largest absolute Gasteiger partial charge is 0.497 e. The zero-order chi connectivity index (χ0) is 24.4. The van der Waals surface area contributed by atoms with Gasteiger partial charge in [0.1, 0.15) is 5.75 Å². The molecule has 1 aromatic carbocycles. The summed E-state index contributed by atoms with van der Waals surface area (Å²) in [7, 11) is 1.68. The number of hydrogen-bond acceptors (Lipinski definition) is 4. The maximum Gasteiger partial charge on any atom is 0.170 e. The van der Waals surface area contributed by atoms with Crippen LogP contribution in [-0.2, 0) is 13.1 Å². The number of benzene rings is 1. The quantitative estimate of drug-likeness (QED) is 0.368. The number of ether oxygens (including phenoxy) is 1. The SMILES string of the molecule is COc1ccc(CN2C(=S)N[C@@H](c3ccccn3)[C@@H]2c2cc(C)n(Cc3cccnc3)c2C)cc1. The van der Waals surface area contributed by atoms with Crippen LogP contribution in [0.3, 0.4) is 0 Å². The number of nitrogens with one attached hydrogen (secondary N) is 1. The van der Waals surface area contributed by atoms with Crippen molar-refractivity contribution in [2.45, 2.75) is 39.0 Å². The standard InChI is InChI=1S/C28H29N5OS/c1-19-15-24(20(2)32(19)18-22-7-6-13-29-16-22)27-26(25-8-4-5-14-30-25)31-28(35)33(27)17-21-9-11-23(34-3)12-10-21/h4-16,26-27H,17-18H2,1-3H3,(H,31,35)/t26-,27-/m0/s1. The summed E-state index contributed by atoms with van der Waals surface area (Å²) in [5.41, 5.74) is 7.02. The molecule has 0 aliphatic carbocycles. The molecule has 0 unspecified atom stereocenters. The van der Waals surface area contributed by atoms with Gasteiger partial charge < -0.3 is 19.5 Å². The fraction of sp³-hybridized carbons (Fsp3) is 0.250. The molecule has 3 aromatic heterocycles. The maximum atomic E-state index is 5.88. The van der Waals surface area contributed by atoms with E-state index in [4.69, 9.17) is 17.0 Å². The first-order valence-corrected chi connectivity index (χ1v) is 12.1. The Bertz CT molecular complexity index is 1300. The van der Waals surface area contributed by atoms with E-state index in [0.717, 1.165) is 23.1 Å². The number of pyridine rings is 2. The van der Waals surface area contributed by atoms with Gasteiger partial charge in [0.2, 0.25) is 0 Å². The first kappa shape index (κ1) is 23.1. The molecule has 178 valence electrons. The monoisotopic (exact) mass is 483 g/mol. The topological polar surface area (TPSA) is 55.2 Å². The third-order valence-corrected chi connectivity index (χ3v) is 7.06. The van der Waals surface area contributed by atoms with Crippen molar-refractivity contribution in [3.8, 4) is 5.75 Å². The average molecular weight is 484 g/mol. The smallest absolute Gasteiger partial charge is 0.170 e. The predicted octanol–water partition coefficient (Wildman–Crippen LogP) is 5.12. The van der Waals surface area contributed by atoms with Crippen molar-refractivity contribution in [1.82, 2.24) is 24.8 Å². The Morgan fingerprint density at radius 3 is 2.49 bits per heavy atom. The van der Waals surface area contributed by atoms with E-state index in [1.54, 1.807) is 7.11 Å². The molecule has 4 aromatic rings. The molecule has 4 heterocycles. The number of methoxy groups -OCH3 is 1. The van der Waals surface area contributed by atoms with Crippen LogP contribution in [0, 0.1) is 13.8 Å². The molecular formula is C28H29N5OS. The summed E-state index contributed by atoms with van der Waals surface area (Å²) >= 11 is 5.88. The van der Waals surface area contributed by atoms with Crippen LogP contribution in [0.5, 0.6) is 5.75 Å². The van der Waals surface area contributed by atoms with Gasteiger partial charge in [0, 0.05) is 43.1 Å². The van der Waals surface area contributed by atoms with Crippen LogP contribution in [0.4, 0.5) is 0 Å². The Hall–Kier alpha value is -3.71. The first-order valence-electron chi connectivity index (χ1n) is 11.7. The Labute approximate surface area is 211 Å². The van der Waals surface area contributed by atoms with Gasteiger partial charge in [-0.1, -0.05) is 24.3 Å². The molecule has 0 saturated carbocycles.